The van der Waals surface area contributed by atoms with Crippen LogP contribution in [-0.2, 0) is 0 Å². The van der Waals surface area contributed by atoms with Gasteiger partial charge in [-0.05, 0) is 49.6 Å². The fourth-order valence-electron chi connectivity index (χ4n) is 3.99. The summed E-state index contributed by atoms with van der Waals surface area (Å²) >= 11 is 12.7. The monoisotopic (exact) mass is 434 g/mol. The fraction of sp³-hybridized carbons (Fsp3) is 0.250. The fourth-order valence-corrected chi connectivity index (χ4v) is 4.42. The smallest absolute Gasteiger partial charge is 0.186 e. The van der Waals surface area contributed by atoms with E-state index in [0.29, 0.717) is 21.6 Å². The molecule has 152 valence electrons. The minimum absolute atomic E-state index is 0.0542. The van der Waals surface area contributed by atoms with E-state index in [2.05, 4.69) is 15.4 Å². The van der Waals surface area contributed by atoms with Crippen molar-refractivity contribution in [2.75, 3.05) is 18.0 Å². The van der Waals surface area contributed by atoms with Gasteiger partial charge in [0, 0.05) is 29.2 Å². The Labute approximate surface area is 177 Å². The maximum atomic E-state index is 14.5. The maximum Gasteiger partial charge on any atom is 0.186 e. The van der Waals surface area contributed by atoms with E-state index >= 15 is 0 Å². The van der Waals surface area contributed by atoms with Crippen molar-refractivity contribution >= 4 is 45.6 Å². The Morgan fingerprint density at radius 3 is 2.52 bits per heavy atom. The van der Waals surface area contributed by atoms with Gasteiger partial charge in [0.25, 0.3) is 0 Å². The number of hydrogen-bond acceptors (Lipinski definition) is 4. The predicted octanol–water partition coefficient (Wildman–Crippen LogP) is 4.15. The molecule has 2 aromatic carbocycles. The number of anilines is 1. The molecular weight excluding hydrogens is 414 g/mol. The zero-order valence-electron chi connectivity index (χ0n) is 15.6. The number of amidine groups is 1. The van der Waals surface area contributed by atoms with E-state index in [-0.39, 0.29) is 10.9 Å². The van der Waals surface area contributed by atoms with Gasteiger partial charge >= 0.3 is 0 Å². The van der Waals surface area contributed by atoms with Crippen molar-refractivity contribution in [3.63, 3.8) is 0 Å². The number of hydrazine groups is 1. The lowest BCUT2D eigenvalue weighted by molar-refractivity contribution is 0.578. The highest BCUT2D eigenvalue weighted by atomic mass is 35.5. The molecule has 1 aromatic heterocycles. The zero-order valence-corrected chi connectivity index (χ0v) is 17.1. The summed E-state index contributed by atoms with van der Waals surface area (Å²) in [5, 5.41) is 5.07. The largest absolute Gasteiger partial charge is 0.369 e. The van der Waals surface area contributed by atoms with Crippen LogP contribution < -0.4 is 22.0 Å². The molecule has 4 rings (SSSR count). The van der Waals surface area contributed by atoms with Gasteiger partial charge in [-0.25, -0.2) is 10.2 Å². The molecule has 1 aliphatic heterocycles. The van der Waals surface area contributed by atoms with Crippen LogP contribution in [0.15, 0.2) is 41.5 Å². The standard InChI is InChI=1S/C20H21Cl2FN6/c21-12-5-4-6-13(11-12)29-15-8-7-14(23)17(22)16(15)18(19(29)20(26-24)27-25)28-9-2-1-3-10-28/h4-8,11H,1-3,9-10,24-25H2,(H,26,27). The van der Waals surface area contributed by atoms with Crippen LogP contribution in [0.4, 0.5) is 10.1 Å². The molecule has 0 spiro atoms. The van der Waals surface area contributed by atoms with E-state index in [4.69, 9.17) is 34.9 Å². The number of nitrogens with two attached hydrogens (primary N) is 2. The molecule has 29 heavy (non-hydrogen) atoms. The quantitative estimate of drug-likeness (QED) is 0.250. The first-order chi connectivity index (χ1) is 14.1. The summed E-state index contributed by atoms with van der Waals surface area (Å²) in [4.78, 5) is 2.19. The molecule has 0 amide bonds. The molecule has 0 saturated carbocycles. The maximum absolute atomic E-state index is 14.5. The van der Waals surface area contributed by atoms with E-state index in [9.17, 15) is 4.39 Å². The average molecular weight is 435 g/mol. The lowest BCUT2D eigenvalue weighted by Gasteiger charge is -2.30. The van der Waals surface area contributed by atoms with E-state index in [1.165, 1.54) is 6.07 Å². The molecule has 5 N–H and O–H groups in total. The first kappa shape index (κ1) is 19.8. The minimum Gasteiger partial charge on any atom is -0.369 e. The van der Waals surface area contributed by atoms with E-state index in [0.717, 1.165) is 43.7 Å². The molecule has 0 unspecified atom stereocenters. The molecule has 0 atom stereocenters. The predicted molar refractivity (Wildman–Crippen MR) is 117 cm³/mol. The van der Waals surface area contributed by atoms with Crippen molar-refractivity contribution in [1.82, 2.24) is 9.99 Å². The van der Waals surface area contributed by atoms with Gasteiger partial charge in [-0.1, -0.05) is 29.3 Å². The van der Waals surface area contributed by atoms with Gasteiger partial charge in [-0.3, -0.25) is 0 Å². The second-order valence-electron chi connectivity index (χ2n) is 6.94. The lowest BCUT2D eigenvalue weighted by Crippen LogP contribution is -2.37. The van der Waals surface area contributed by atoms with Gasteiger partial charge in [0.1, 0.15) is 11.5 Å². The Morgan fingerprint density at radius 1 is 1.10 bits per heavy atom. The molecule has 0 aliphatic carbocycles. The summed E-state index contributed by atoms with van der Waals surface area (Å²) in [5.41, 5.74) is 5.42. The first-order valence-electron chi connectivity index (χ1n) is 9.35. The normalized spacial score (nSPS) is 15.2. The highest BCUT2D eigenvalue weighted by Crippen LogP contribution is 2.42. The van der Waals surface area contributed by atoms with Crippen molar-refractivity contribution in [2.45, 2.75) is 19.3 Å². The number of benzene rings is 2. The van der Waals surface area contributed by atoms with Crippen molar-refractivity contribution in [1.29, 1.82) is 0 Å². The summed E-state index contributed by atoms with van der Waals surface area (Å²) in [6.45, 7) is 1.63. The van der Waals surface area contributed by atoms with Crippen LogP contribution in [0.1, 0.15) is 25.0 Å². The summed E-state index contributed by atoms with van der Waals surface area (Å²) in [7, 11) is 0. The summed E-state index contributed by atoms with van der Waals surface area (Å²) in [6, 6.07) is 10.4. The highest BCUT2D eigenvalue weighted by Gasteiger charge is 2.29. The van der Waals surface area contributed by atoms with Crippen LogP contribution in [0.3, 0.4) is 0 Å². The number of fused-ring (bicyclic) bond motifs is 1. The number of rotatable bonds is 3. The lowest BCUT2D eigenvalue weighted by atomic mass is 10.1. The molecule has 0 bridgehead atoms. The highest BCUT2D eigenvalue weighted by molar-refractivity contribution is 6.37. The zero-order chi connectivity index (χ0) is 20.5. The molecule has 6 nitrogen and oxygen atoms in total. The van der Waals surface area contributed by atoms with Crippen LogP contribution in [0.5, 0.6) is 0 Å². The number of aromatic nitrogens is 1. The Kier molecular flexibility index (Phi) is 5.54. The number of halogens is 3. The number of piperidine rings is 1. The third-order valence-corrected chi connectivity index (χ3v) is 5.83. The van der Waals surface area contributed by atoms with Gasteiger partial charge < -0.3 is 20.7 Å². The Morgan fingerprint density at radius 2 is 1.86 bits per heavy atom. The second-order valence-corrected chi connectivity index (χ2v) is 7.75. The van der Waals surface area contributed by atoms with Gasteiger partial charge in [-0.2, -0.15) is 5.10 Å². The first-order valence-corrected chi connectivity index (χ1v) is 10.1. The van der Waals surface area contributed by atoms with Crippen molar-refractivity contribution in [3.05, 3.63) is 58.0 Å². The Balaban J connectivity index is 2.15. The van der Waals surface area contributed by atoms with Crippen LogP contribution in [0, 0.1) is 5.82 Å². The number of hydrogen-bond donors (Lipinski definition) is 3. The van der Waals surface area contributed by atoms with Crippen LogP contribution in [0.2, 0.25) is 10.0 Å². The van der Waals surface area contributed by atoms with Crippen LogP contribution in [-0.4, -0.2) is 23.5 Å². The third kappa shape index (κ3) is 3.39. The third-order valence-electron chi connectivity index (χ3n) is 5.23. The minimum atomic E-state index is -0.487. The average Bonchev–Trinajstić information content (AvgIpc) is 3.08. The number of nitrogens with one attached hydrogen (secondary N) is 1. The summed E-state index contributed by atoms with van der Waals surface area (Å²) < 4.78 is 16.4. The van der Waals surface area contributed by atoms with Crippen LogP contribution in [0.25, 0.3) is 16.6 Å². The molecule has 3 aromatic rings. The second kappa shape index (κ2) is 8.10. The van der Waals surface area contributed by atoms with E-state index in [1.807, 2.05) is 22.8 Å². The van der Waals surface area contributed by atoms with Gasteiger partial charge in [-0.15, -0.1) is 0 Å². The molecule has 2 heterocycles. The van der Waals surface area contributed by atoms with Gasteiger partial charge in [0.05, 0.1) is 16.2 Å². The van der Waals surface area contributed by atoms with Crippen molar-refractivity contribution in [2.24, 2.45) is 16.8 Å². The molecule has 9 heteroatoms. The van der Waals surface area contributed by atoms with E-state index < -0.39 is 5.82 Å². The van der Waals surface area contributed by atoms with E-state index in [1.54, 1.807) is 12.1 Å². The van der Waals surface area contributed by atoms with Crippen molar-refractivity contribution < 1.29 is 4.39 Å². The Bertz CT molecular complexity index is 1090. The number of nitrogens with zero attached hydrogens (tertiary/aromatic N) is 3. The molecule has 1 aliphatic rings. The molecule has 1 fully saturated rings. The molecule has 1 saturated heterocycles. The van der Waals surface area contributed by atoms with Gasteiger partial charge in [0.2, 0.25) is 0 Å². The van der Waals surface area contributed by atoms with Gasteiger partial charge in [0.15, 0.2) is 5.84 Å². The molecule has 0 radical (unpaired) electrons. The SMILES string of the molecule is N/N=C(\NN)c1c(N2CCCCC2)c2c(Cl)c(F)ccc2n1-c1cccc(Cl)c1. The van der Waals surface area contributed by atoms with Crippen molar-refractivity contribution in [3.8, 4) is 5.69 Å². The summed E-state index contributed by atoms with van der Waals surface area (Å²) in [6.07, 6.45) is 3.20. The number of hydrazone groups is 1. The summed E-state index contributed by atoms with van der Waals surface area (Å²) in [5.74, 6) is 11.2. The topological polar surface area (TPSA) is 84.6 Å². The Hall–Kier alpha value is -2.48. The molecular formula is C20H21Cl2FN6. The van der Waals surface area contributed by atoms with Crippen LogP contribution >= 0.6 is 23.2 Å².